The van der Waals surface area contributed by atoms with Crippen molar-refractivity contribution >= 4 is 17.9 Å². The predicted octanol–water partition coefficient (Wildman–Crippen LogP) is 3.21. The topological polar surface area (TPSA) is 171 Å². The second-order valence-corrected chi connectivity index (χ2v) is 13.6. The number of hydrogen-bond donors (Lipinski definition) is 0. The maximum absolute atomic E-state index is 12.4. The number of carbonyl (C=O) groups is 3. The molecule has 2 aromatic carbocycles. The minimum absolute atomic E-state index is 0.0501. The summed E-state index contributed by atoms with van der Waals surface area (Å²) in [6.07, 6.45) is -10.9. The average Bonchev–Trinajstić information content (AvgIpc) is 3.16. The lowest BCUT2D eigenvalue weighted by atomic mass is 9.93. The molecule has 304 valence electrons. The fraction of sp³-hybridized carbons (Fsp3) is 0.615. The van der Waals surface area contributed by atoms with E-state index in [2.05, 4.69) is 0 Å². The zero-order valence-electron chi connectivity index (χ0n) is 32.4. The predicted molar refractivity (Wildman–Crippen MR) is 189 cm³/mol. The van der Waals surface area contributed by atoms with Crippen molar-refractivity contribution in [2.45, 2.75) is 121 Å². The molecular formula is C39H52O16. The van der Waals surface area contributed by atoms with Gasteiger partial charge in [0.15, 0.2) is 30.9 Å². The summed E-state index contributed by atoms with van der Waals surface area (Å²) in [6.45, 7) is 7.11. The molecule has 16 heteroatoms. The summed E-state index contributed by atoms with van der Waals surface area (Å²) in [4.78, 5) is 36.8. The van der Waals surface area contributed by atoms with Crippen LogP contribution in [0.4, 0.5) is 0 Å². The Morgan fingerprint density at radius 3 is 1.64 bits per heavy atom. The summed E-state index contributed by atoms with van der Waals surface area (Å²) in [6, 6.07) is 19.2. The maximum atomic E-state index is 12.4. The molecule has 0 radical (unpaired) electrons. The highest BCUT2D eigenvalue weighted by atomic mass is 16.8. The molecule has 3 aliphatic heterocycles. The van der Waals surface area contributed by atoms with E-state index in [1.807, 2.05) is 60.7 Å². The Morgan fingerprint density at radius 2 is 1.09 bits per heavy atom. The van der Waals surface area contributed by atoms with Crippen LogP contribution >= 0.6 is 0 Å². The number of rotatable bonds is 16. The van der Waals surface area contributed by atoms with E-state index in [-0.39, 0.29) is 26.4 Å². The molecule has 0 saturated carbocycles. The summed E-state index contributed by atoms with van der Waals surface area (Å²) >= 11 is 0. The van der Waals surface area contributed by atoms with Gasteiger partial charge in [0.1, 0.15) is 30.5 Å². The van der Waals surface area contributed by atoms with Gasteiger partial charge in [-0.15, -0.1) is 0 Å². The Kier molecular flexibility index (Phi) is 14.8. The van der Waals surface area contributed by atoms with Crippen molar-refractivity contribution in [1.82, 2.24) is 0 Å². The first kappa shape index (κ1) is 42.6. The first-order chi connectivity index (χ1) is 26.3. The third kappa shape index (κ3) is 10.3. The van der Waals surface area contributed by atoms with Crippen LogP contribution in [0.2, 0.25) is 0 Å². The number of hydrogen-bond acceptors (Lipinski definition) is 16. The van der Waals surface area contributed by atoms with Gasteiger partial charge in [-0.3, -0.25) is 14.4 Å². The van der Waals surface area contributed by atoms with Gasteiger partial charge in [-0.05, 0) is 25.0 Å². The minimum atomic E-state index is -1.42. The monoisotopic (exact) mass is 776 g/mol. The molecule has 2 aromatic rings. The van der Waals surface area contributed by atoms with Crippen molar-refractivity contribution in [3.05, 3.63) is 71.8 Å². The Morgan fingerprint density at radius 1 is 0.582 bits per heavy atom. The Hall–Kier alpha value is -3.55. The highest BCUT2D eigenvalue weighted by Crippen LogP contribution is 2.45. The molecule has 16 nitrogen and oxygen atoms in total. The van der Waals surface area contributed by atoms with Gasteiger partial charge in [-0.1, -0.05) is 60.7 Å². The molecule has 0 amide bonds. The van der Waals surface area contributed by atoms with E-state index in [1.165, 1.54) is 42.1 Å². The molecule has 0 aromatic heterocycles. The largest absolute Gasteiger partial charge is 0.456 e. The second kappa shape index (κ2) is 19.1. The van der Waals surface area contributed by atoms with Gasteiger partial charge >= 0.3 is 17.9 Å². The van der Waals surface area contributed by atoms with Crippen LogP contribution in [0.3, 0.4) is 0 Å². The number of ether oxygens (including phenoxy) is 13. The van der Waals surface area contributed by atoms with E-state index in [0.717, 1.165) is 11.1 Å². The van der Waals surface area contributed by atoms with E-state index < -0.39 is 90.9 Å². The molecule has 0 bridgehead atoms. The van der Waals surface area contributed by atoms with Crippen LogP contribution in [-0.4, -0.2) is 125 Å². The molecule has 5 rings (SSSR count). The molecule has 3 saturated heterocycles. The normalized spacial score (nSPS) is 34.6. The smallest absolute Gasteiger partial charge is 0.303 e. The van der Waals surface area contributed by atoms with Crippen molar-refractivity contribution in [2.75, 3.05) is 34.5 Å². The van der Waals surface area contributed by atoms with Crippen LogP contribution in [0.25, 0.3) is 0 Å². The number of esters is 3. The number of carbonyl (C=O) groups excluding carboxylic acids is 3. The van der Waals surface area contributed by atoms with Gasteiger partial charge in [0.05, 0.1) is 26.4 Å². The van der Waals surface area contributed by atoms with Crippen LogP contribution in [0.5, 0.6) is 0 Å². The van der Waals surface area contributed by atoms with E-state index in [9.17, 15) is 14.4 Å². The Labute approximate surface area is 320 Å². The van der Waals surface area contributed by atoms with Crippen LogP contribution in [0.15, 0.2) is 60.7 Å². The molecule has 55 heavy (non-hydrogen) atoms. The quantitative estimate of drug-likeness (QED) is 0.180. The third-order valence-electron chi connectivity index (χ3n) is 9.75. The molecule has 0 aliphatic carbocycles. The van der Waals surface area contributed by atoms with E-state index in [0.29, 0.717) is 0 Å². The molecule has 0 spiro atoms. The van der Waals surface area contributed by atoms with Gasteiger partial charge in [-0.2, -0.15) is 0 Å². The molecular weight excluding hydrogens is 724 g/mol. The first-order valence-corrected chi connectivity index (χ1v) is 18.0. The standard InChI is InChI=1S/C39H52O16/c1-23(40)49-30-29(52-36(43-6)35(51-25(3)42)32(30)50-24(2)41)22-48-37-34(47-20-27-17-13-10-14-18-27)33-31(54-38(4,44-7)39(5,45-8)55-33)28(53-37)21-46-19-26-15-11-9-12-16-26/h9-18,28-37H,19-22H2,1-8H3/t28-,29-,30-,31-,32+,33+,34+,35-,36+,37+,38+,39+/m1/s1. The zero-order chi connectivity index (χ0) is 39.8. The summed E-state index contributed by atoms with van der Waals surface area (Å²) in [5, 5.41) is 0. The van der Waals surface area contributed by atoms with Crippen molar-refractivity contribution in [3.63, 3.8) is 0 Å². The molecule has 3 heterocycles. The van der Waals surface area contributed by atoms with Gasteiger partial charge in [0.25, 0.3) is 0 Å². The van der Waals surface area contributed by atoms with Gasteiger partial charge in [0.2, 0.25) is 11.6 Å². The van der Waals surface area contributed by atoms with Crippen molar-refractivity contribution < 1.29 is 76.0 Å². The fourth-order valence-electron chi connectivity index (χ4n) is 6.80. The minimum Gasteiger partial charge on any atom is -0.456 e. The summed E-state index contributed by atoms with van der Waals surface area (Å²) in [5.74, 6) is -4.93. The van der Waals surface area contributed by atoms with Crippen LogP contribution < -0.4 is 0 Å². The molecule has 3 aliphatic rings. The number of fused-ring (bicyclic) bond motifs is 1. The second-order valence-electron chi connectivity index (χ2n) is 13.6. The molecule has 12 atom stereocenters. The summed E-state index contributed by atoms with van der Waals surface area (Å²) in [5.41, 5.74) is 1.82. The molecule has 0 N–H and O–H groups in total. The maximum Gasteiger partial charge on any atom is 0.303 e. The Balaban J connectivity index is 1.48. The van der Waals surface area contributed by atoms with E-state index in [4.69, 9.17) is 61.6 Å². The highest BCUT2D eigenvalue weighted by molar-refractivity contribution is 5.68. The fourth-order valence-corrected chi connectivity index (χ4v) is 6.80. The van der Waals surface area contributed by atoms with Crippen LogP contribution in [0.1, 0.15) is 45.7 Å². The lowest BCUT2D eigenvalue weighted by molar-refractivity contribution is -0.482. The summed E-state index contributed by atoms with van der Waals surface area (Å²) in [7, 11) is 4.31. The third-order valence-corrected chi connectivity index (χ3v) is 9.75. The summed E-state index contributed by atoms with van der Waals surface area (Å²) < 4.78 is 79.3. The van der Waals surface area contributed by atoms with E-state index >= 15 is 0 Å². The zero-order valence-corrected chi connectivity index (χ0v) is 32.4. The SMILES string of the molecule is CO[C@H]1O[C@H](CO[C@H]2O[C@H](COCc3ccccc3)[C@H]3O[C@](C)(OC)[C@@](C)(OC)O[C@@H]3[C@@H]2OCc2ccccc2)[C@@H](OC(C)=O)[C@H](OC(C)=O)[C@H]1OC(C)=O. The van der Waals surface area contributed by atoms with Crippen molar-refractivity contribution in [3.8, 4) is 0 Å². The lowest BCUT2D eigenvalue weighted by Crippen LogP contribution is -2.73. The van der Waals surface area contributed by atoms with Gasteiger partial charge < -0.3 is 61.6 Å². The van der Waals surface area contributed by atoms with Gasteiger partial charge in [-0.25, -0.2) is 0 Å². The average molecular weight is 777 g/mol. The lowest BCUT2D eigenvalue weighted by Gasteiger charge is -2.57. The van der Waals surface area contributed by atoms with E-state index in [1.54, 1.807) is 13.8 Å². The molecule has 0 unspecified atom stereocenters. The first-order valence-electron chi connectivity index (χ1n) is 18.0. The Bertz CT molecular complexity index is 1540. The molecule has 3 fully saturated rings. The number of methoxy groups -OCH3 is 3. The van der Waals surface area contributed by atoms with Crippen molar-refractivity contribution in [1.29, 1.82) is 0 Å². The number of benzene rings is 2. The van der Waals surface area contributed by atoms with Gasteiger partial charge in [0, 0.05) is 42.1 Å². The van der Waals surface area contributed by atoms with Crippen LogP contribution in [-0.2, 0) is 89.2 Å². The van der Waals surface area contributed by atoms with Crippen LogP contribution in [0, 0.1) is 0 Å². The van der Waals surface area contributed by atoms with Crippen molar-refractivity contribution in [2.24, 2.45) is 0 Å². The highest BCUT2D eigenvalue weighted by Gasteiger charge is 2.63.